The van der Waals surface area contributed by atoms with E-state index in [1.807, 2.05) is 19.9 Å². The van der Waals surface area contributed by atoms with Crippen LogP contribution in [-0.4, -0.2) is 67.5 Å². The minimum Gasteiger partial charge on any atom is -0.496 e. The Bertz CT molecular complexity index is 893. The maximum Gasteiger partial charge on any atom is 0.325 e. The van der Waals surface area contributed by atoms with Gasteiger partial charge >= 0.3 is 12.0 Å². The van der Waals surface area contributed by atoms with Crippen LogP contribution < -0.4 is 10.1 Å². The zero-order valence-corrected chi connectivity index (χ0v) is 18.4. The molecule has 0 aromatic heterocycles. The fraction of sp³-hybridized carbons (Fsp3) is 0.545. The van der Waals surface area contributed by atoms with Gasteiger partial charge < -0.3 is 19.7 Å². The Morgan fingerprint density at radius 3 is 2.42 bits per heavy atom. The molecular weight excluding hydrogens is 402 g/mol. The molecule has 0 saturated carbocycles. The van der Waals surface area contributed by atoms with Crippen LogP contribution in [0, 0.1) is 12.8 Å². The molecule has 2 aliphatic rings. The molecule has 2 saturated heterocycles. The van der Waals surface area contributed by atoms with Crippen LogP contribution in [0.3, 0.4) is 0 Å². The zero-order chi connectivity index (χ0) is 22.8. The lowest BCUT2D eigenvalue weighted by Gasteiger charge is -2.31. The number of esters is 1. The molecule has 1 aromatic rings. The number of rotatable bonds is 6. The first kappa shape index (κ1) is 22.6. The van der Waals surface area contributed by atoms with Crippen molar-refractivity contribution >= 4 is 23.8 Å². The van der Waals surface area contributed by atoms with Gasteiger partial charge in [0.15, 0.2) is 0 Å². The molecule has 9 heteroatoms. The van der Waals surface area contributed by atoms with Gasteiger partial charge in [0, 0.05) is 13.1 Å². The number of carbonyl (C=O) groups excluding carboxylic acids is 4. The van der Waals surface area contributed by atoms with Crippen LogP contribution in [0.5, 0.6) is 5.75 Å². The summed E-state index contributed by atoms with van der Waals surface area (Å²) < 4.78 is 10.1. The lowest BCUT2D eigenvalue weighted by Crippen LogP contribution is -2.47. The molecule has 2 aliphatic heterocycles. The molecule has 2 heterocycles. The molecule has 168 valence electrons. The number of likely N-dealkylation sites (tertiary alicyclic amines) is 1. The minimum atomic E-state index is -1.22. The van der Waals surface area contributed by atoms with E-state index in [2.05, 4.69) is 5.32 Å². The summed E-state index contributed by atoms with van der Waals surface area (Å²) in [5, 5.41) is 2.80. The lowest BCUT2D eigenvalue weighted by atomic mass is 9.86. The standard InChI is InChI=1S/C22H29N3O6/c1-5-22(16-6-7-17(30-3)14(2)12-16)20(28)25(21(29)23-22)13-18(26)24-10-8-15(9-11-24)19(27)31-4/h6-7,12,15H,5,8-11,13H2,1-4H3,(H,23,29). The van der Waals surface area contributed by atoms with Crippen molar-refractivity contribution in [3.8, 4) is 5.75 Å². The summed E-state index contributed by atoms with van der Waals surface area (Å²) in [4.78, 5) is 53.0. The molecule has 4 amide bonds. The molecule has 0 spiro atoms. The van der Waals surface area contributed by atoms with Crippen LogP contribution in [0.2, 0.25) is 0 Å². The number of carbonyl (C=O) groups is 4. The monoisotopic (exact) mass is 431 g/mol. The number of ether oxygens (including phenoxy) is 2. The van der Waals surface area contributed by atoms with E-state index in [-0.39, 0.29) is 24.3 Å². The van der Waals surface area contributed by atoms with E-state index in [9.17, 15) is 19.2 Å². The fourth-order valence-corrected chi connectivity index (χ4v) is 4.32. The van der Waals surface area contributed by atoms with Crippen LogP contribution >= 0.6 is 0 Å². The largest absolute Gasteiger partial charge is 0.496 e. The van der Waals surface area contributed by atoms with Gasteiger partial charge in [-0.05, 0) is 49.4 Å². The number of nitrogens with one attached hydrogen (secondary N) is 1. The Morgan fingerprint density at radius 1 is 1.19 bits per heavy atom. The van der Waals surface area contributed by atoms with Crippen molar-refractivity contribution in [3.63, 3.8) is 0 Å². The smallest absolute Gasteiger partial charge is 0.325 e. The highest BCUT2D eigenvalue weighted by Gasteiger charge is 2.52. The second-order valence-electron chi connectivity index (χ2n) is 7.94. The topological polar surface area (TPSA) is 105 Å². The predicted octanol–water partition coefficient (Wildman–Crippen LogP) is 1.57. The minimum absolute atomic E-state index is 0.225. The van der Waals surface area contributed by atoms with E-state index in [1.165, 1.54) is 7.11 Å². The van der Waals surface area contributed by atoms with Gasteiger partial charge in [0.05, 0.1) is 20.1 Å². The number of benzene rings is 1. The van der Waals surface area contributed by atoms with Crippen LogP contribution in [0.4, 0.5) is 4.79 Å². The van der Waals surface area contributed by atoms with E-state index in [0.29, 0.717) is 43.7 Å². The molecule has 31 heavy (non-hydrogen) atoms. The van der Waals surface area contributed by atoms with Gasteiger partial charge in [0.25, 0.3) is 5.91 Å². The average Bonchev–Trinajstić information content (AvgIpc) is 3.03. The van der Waals surface area contributed by atoms with E-state index < -0.39 is 17.5 Å². The van der Waals surface area contributed by atoms with Gasteiger partial charge in [0.1, 0.15) is 17.8 Å². The van der Waals surface area contributed by atoms with E-state index in [1.54, 1.807) is 24.1 Å². The number of hydrogen-bond acceptors (Lipinski definition) is 6. The highest BCUT2D eigenvalue weighted by Crippen LogP contribution is 2.34. The van der Waals surface area contributed by atoms with Gasteiger partial charge in [-0.15, -0.1) is 0 Å². The zero-order valence-electron chi connectivity index (χ0n) is 18.4. The molecule has 0 radical (unpaired) electrons. The van der Waals surface area contributed by atoms with Crippen molar-refractivity contribution in [2.45, 2.75) is 38.6 Å². The number of methoxy groups -OCH3 is 2. The molecule has 0 aliphatic carbocycles. The molecule has 1 unspecified atom stereocenters. The van der Waals surface area contributed by atoms with Crippen LogP contribution in [0.1, 0.15) is 37.3 Å². The lowest BCUT2D eigenvalue weighted by molar-refractivity contribution is -0.149. The third kappa shape index (κ3) is 4.08. The number of aryl methyl sites for hydroxylation is 1. The van der Waals surface area contributed by atoms with Gasteiger partial charge in [-0.2, -0.15) is 0 Å². The normalized spacial score (nSPS) is 21.8. The predicted molar refractivity (Wildman–Crippen MR) is 111 cm³/mol. The third-order valence-corrected chi connectivity index (χ3v) is 6.27. The first-order chi connectivity index (χ1) is 14.8. The molecular formula is C22H29N3O6. The third-order valence-electron chi connectivity index (χ3n) is 6.27. The Balaban J connectivity index is 1.73. The summed E-state index contributed by atoms with van der Waals surface area (Å²) in [6, 6.07) is 4.76. The summed E-state index contributed by atoms with van der Waals surface area (Å²) in [6.07, 6.45) is 1.35. The van der Waals surface area contributed by atoms with Crippen LogP contribution in [0.25, 0.3) is 0 Å². The molecule has 1 aromatic carbocycles. The molecule has 9 nitrogen and oxygen atoms in total. The Kier molecular flexibility index (Phi) is 6.52. The summed E-state index contributed by atoms with van der Waals surface area (Å²) in [5.74, 6) is -0.568. The quantitative estimate of drug-likeness (QED) is 0.542. The van der Waals surface area contributed by atoms with Gasteiger partial charge in [-0.1, -0.05) is 13.0 Å². The van der Waals surface area contributed by atoms with Gasteiger partial charge in [-0.3, -0.25) is 19.3 Å². The average molecular weight is 431 g/mol. The Hall–Kier alpha value is -3.10. The van der Waals surface area contributed by atoms with Gasteiger partial charge in [0.2, 0.25) is 5.91 Å². The number of amides is 4. The highest BCUT2D eigenvalue weighted by atomic mass is 16.5. The van der Waals surface area contributed by atoms with Crippen LogP contribution in [-0.2, 0) is 24.7 Å². The Morgan fingerprint density at radius 2 is 1.87 bits per heavy atom. The van der Waals surface area contributed by atoms with Crippen molar-refractivity contribution in [2.75, 3.05) is 33.9 Å². The highest BCUT2D eigenvalue weighted by molar-refractivity contribution is 6.09. The molecule has 3 rings (SSSR count). The van der Waals surface area contributed by atoms with Crippen molar-refractivity contribution < 1.29 is 28.7 Å². The summed E-state index contributed by atoms with van der Waals surface area (Å²) in [5.41, 5.74) is 0.282. The maximum atomic E-state index is 13.3. The van der Waals surface area contributed by atoms with E-state index in [0.717, 1.165) is 10.5 Å². The second-order valence-corrected chi connectivity index (χ2v) is 7.94. The second kappa shape index (κ2) is 8.95. The summed E-state index contributed by atoms with van der Waals surface area (Å²) in [6.45, 7) is 4.13. The number of piperidine rings is 1. The molecule has 1 atom stereocenters. The fourth-order valence-electron chi connectivity index (χ4n) is 4.32. The SMILES string of the molecule is CCC1(c2ccc(OC)c(C)c2)NC(=O)N(CC(=O)N2CCC(C(=O)OC)CC2)C1=O. The van der Waals surface area contributed by atoms with Gasteiger partial charge in [-0.25, -0.2) is 4.79 Å². The van der Waals surface area contributed by atoms with Crippen LogP contribution in [0.15, 0.2) is 18.2 Å². The number of imide groups is 1. The Labute approximate surface area is 181 Å². The number of hydrogen-bond donors (Lipinski definition) is 1. The summed E-state index contributed by atoms with van der Waals surface area (Å²) >= 11 is 0. The number of urea groups is 1. The molecule has 0 bridgehead atoms. The molecule has 1 N–H and O–H groups in total. The molecule has 2 fully saturated rings. The van der Waals surface area contributed by atoms with E-state index in [4.69, 9.17) is 9.47 Å². The van der Waals surface area contributed by atoms with Crippen molar-refractivity contribution in [3.05, 3.63) is 29.3 Å². The maximum absolute atomic E-state index is 13.3. The first-order valence-electron chi connectivity index (χ1n) is 10.4. The summed E-state index contributed by atoms with van der Waals surface area (Å²) in [7, 11) is 2.92. The van der Waals surface area contributed by atoms with Crippen molar-refractivity contribution in [1.82, 2.24) is 15.1 Å². The van der Waals surface area contributed by atoms with Crippen molar-refractivity contribution in [2.24, 2.45) is 5.92 Å². The first-order valence-corrected chi connectivity index (χ1v) is 10.4. The van der Waals surface area contributed by atoms with E-state index >= 15 is 0 Å². The number of nitrogens with zero attached hydrogens (tertiary/aromatic N) is 2. The van der Waals surface area contributed by atoms with Crippen molar-refractivity contribution in [1.29, 1.82) is 0 Å².